The minimum Gasteiger partial charge on any atom is -0.504 e. The van der Waals surface area contributed by atoms with Crippen LogP contribution in [0.4, 0.5) is 0 Å². The van der Waals surface area contributed by atoms with Crippen LogP contribution < -0.4 is 14.8 Å². The van der Waals surface area contributed by atoms with Gasteiger partial charge >= 0.3 is 0 Å². The first kappa shape index (κ1) is 26.2. The molecule has 0 saturated heterocycles. The Morgan fingerprint density at radius 1 is 1.09 bits per heavy atom. The highest BCUT2D eigenvalue weighted by molar-refractivity contribution is 8.03. The third-order valence-electron chi connectivity index (χ3n) is 5.40. The maximum absolute atomic E-state index is 13.2. The zero-order valence-corrected chi connectivity index (χ0v) is 20.7. The Balaban J connectivity index is 1.88. The van der Waals surface area contributed by atoms with Crippen molar-refractivity contribution in [2.45, 2.75) is 18.1 Å². The van der Waals surface area contributed by atoms with Crippen LogP contribution >= 0.6 is 11.8 Å². The summed E-state index contributed by atoms with van der Waals surface area (Å²) in [6, 6.07) is 9.70. The first-order valence-corrected chi connectivity index (χ1v) is 11.9. The lowest BCUT2D eigenvalue weighted by Gasteiger charge is -2.26. The highest BCUT2D eigenvalue weighted by Crippen LogP contribution is 2.44. The van der Waals surface area contributed by atoms with Gasteiger partial charge in [-0.05, 0) is 47.9 Å². The number of aromatic hydroxyl groups is 2. The van der Waals surface area contributed by atoms with Crippen molar-refractivity contribution in [2.24, 2.45) is 0 Å². The molecule has 0 bridgehead atoms. The second kappa shape index (κ2) is 12.3. The molecule has 8 nitrogen and oxygen atoms in total. The van der Waals surface area contributed by atoms with Crippen molar-refractivity contribution in [2.75, 3.05) is 34.5 Å². The minimum absolute atomic E-state index is 0.00279. The normalized spacial score (nSPS) is 16.0. The molecule has 1 heterocycles. The van der Waals surface area contributed by atoms with E-state index in [4.69, 9.17) is 14.2 Å². The first-order valence-electron chi connectivity index (χ1n) is 11.0. The molecule has 1 aliphatic heterocycles. The van der Waals surface area contributed by atoms with E-state index in [0.29, 0.717) is 35.9 Å². The van der Waals surface area contributed by atoms with E-state index in [-0.39, 0.29) is 40.3 Å². The lowest BCUT2D eigenvalue weighted by Crippen LogP contribution is -2.27. The maximum Gasteiger partial charge on any atom is 0.192 e. The van der Waals surface area contributed by atoms with Gasteiger partial charge in [-0.25, -0.2) is 0 Å². The van der Waals surface area contributed by atoms with E-state index in [1.165, 1.54) is 44.2 Å². The van der Waals surface area contributed by atoms with Crippen molar-refractivity contribution < 1.29 is 34.0 Å². The van der Waals surface area contributed by atoms with Gasteiger partial charge in [0.2, 0.25) is 0 Å². The molecule has 1 atom stereocenters. The maximum atomic E-state index is 13.2. The summed E-state index contributed by atoms with van der Waals surface area (Å²) in [6.45, 7) is 1.08. The fraction of sp³-hybridized carbons (Fsp3) is 0.308. The molecule has 0 aromatic heterocycles. The second-order valence-electron chi connectivity index (χ2n) is 7.77. The van der Waals surface area contributed by atoms with Crippen molar-refractivity contribution >= 4 is 29.4 Å². The van der Waals surface area contributed by atoms with Crippen LogP contribution in [0.1, 0.15) is 29.2 Å². The van der Waals surface area contributed by atoms with E-state index in [1.54, 1.807) is 37.5 Å². The molecule has 0 radical (unpaired) electrons. The standard InChI is InChI=1S/C26H29NO7S/c1-32-12-4-11-27-26-25(20(30)9-6-16-5-8-18(28)22(13-16)33-2)21(31)15-24(35-26)17-7-10-19(29)23(14-17)34-3/h5-10,13-14,24,27-29H,4,11-12,15H2,1-3H3. The number of thioether (sulfide) groups is 1. The second-order valence-corrected chi connectivity index (χ2v) is 8.98. The third-order valence-corrected chi connectivity index (χ3v) is 6.71. The molecule has 35 heavy (non-hydrogen) atoms. The Kier molecular flexibility index (Phi) is 9.22. The van der Waals surface area contributed by atoms with Crippen molar-refractivity contribution in [1.82, 2.24) is 5.32 Å². The van der Waals surface area contributed by atoms with Gasteiger partial charge in [-0.1, -0.05) is 30.0 Å². The molecule has 0 spiro atoms. The molecule has 0 fully saturated rings. The van der Waals surface area contributed by atoms with E-state index >= 15 is 0 Å². The van der Waals surface area contributed by atoms with Gasteiger partial charge in [-0.2, -0.15) is 0 Å². The zero-order chi connectivity index (χ0) is 25.4. The van der Waals surface area contributed by atoms with Crippen LogP contribution in [0.15, 0.2) is 53.1 Å². The van der Waals surface area contributed by atoms with Crippen molar-refractivity contribution in [3.63, 3.8) is 0 Å². The van der Waals surface area contributed by atoms with E-state index < -0.39 is 5.78 Å². The predicted octanol–water partition coefficient (Wildman–Crippen LogP) is 3.98. The van der Waals surface area contributed by atoms with Gasteiger partial charge in [0.25, 0.3) is 0 Å². The SMILES string of the molecule is COCCCNC1=C(C(=O)C=Cc2ccc(O)c(OC)c2)C(=O)CC(c2ccc(O)c(OC)c2)S1. The fourth-order valence-electron chi connectivity index (χ4n) is 3.57. The Hall–Kier alpha value is -3.43. The number of Topliss-reactive ketones (excluding diaryl/α,β-unsaturated/α-hetero) is 1. The lowest BCUT2D eigenvalue weighted by molar-refractivity contribution is -0.119. The topological polar surface area (TPSA) is 114 Å². The number of hydrogen-bond donors (Lipinski definition) is 3. The summed E-state index contributed by atoms with van der Waals surface area (Å²) in [6.07, 6.45) is 3.76. The number of ether oxygens (including phenoxy) is 3. The number of nitrogens with one attached hydrogen (secondary N) is 1. The summed E-state index contributed by atoms with van der Waals surface area (Å²) < 4.78 is 15.4. The van der Waals surface area contributed by atoms with Crippen LogP contribution in [0.5, 0.6) is 23.0 Å². The molecular weight excluding hydrogens is 470 g/mol. The zero-order valence-electron chi connectivity index (χ0n) is 19.9. The van der Waals surface area contributed by atoms with E-state index in [2.05, 4.69) is 5.32 Å². The van der Waals surface area contributed by atoms with Crippen LogP contribution in [0.25, 0.3) is 6.08 Å². The van der Waals surface area contributed by atoms with Crippen LogP contribution in [0.2, 0.25) is 0 Å². The number of benzene rings is 2. The largest absolute Gasteiger partial charge is 0.504 e. The van der Waals surface area contributed by atoms with Gasteiger partial charge in [-0.15, -0.1) is 0 Å². The molecule has 186 valence electrons. The van der Waals surface area contributed by atoms with Gasteiger partial charge in [0.05, 0.1) is 24.8 Å². The molecule has 0 saturated carbocycles. The smallest absolute Gasteiger partial charge is 0.192 e. The number of carbonyl (C=O) groups excluding carboxylic acids is 2. The molecular formula is C26H29NO7S. The number of hydrogen-bond acceptors (Lipinski definition) is 9. The Morgan fingerprint density at radius 2 is 1.77 bits per heavy atom. The molecule has 2 aromatic carbocycles. The fourth-order valence-corrected chi connectivity index (χ4v) is 4.89. The molecule has 0 aliphatic carbocycles. The summed E-state index contributed by atoms with van der Waals surface area (Å²) in [5, 5.41) is 23.2. The highest BCUT2D eigenvalue weighted by atomic mass is 32.2. The van der Waals surface area contributed by atoms with Crippen LogP contribution in [-0.2, 0) is 14.3 Å². The summed E-state index contributed by atoms with van der Waals surface area (Å²) in [7, 11) is 4.52. The Bertz CT molecular complexity index is 1140. The van der Waals surface area contributed by atoms with Crippen LogP contribution in [0.3, 0.4) is 0 Å². The number of phenolic OH excluding ortho intramolecular Hbond substituents is 2. The average molecular weight is 500 g/mol. The number of allylic oxidation sites excluding steroid dienone is 2. The number of carbonyl (C=O) groups is 2. The van der Waals surface area contributed by atoms with Crippen molar-refractivity contribution in [1.29, 1.82) is 0 Å². The predicted molar refractivity (Wildman–Crippen MR) is 135 cm³/mol. The van der Waals surface area contributed by atoms with Crippen molar-refractivity contribution in [3.8, 4) is 23.0 Å². The van der Waals surface area contributed by atoms with Gasteiger partial charge in [-0.3, -0.25) is 9.59 Å². The average Bonchev–Trinajstić information content (AvgIpc) is 2.86. The summed E-state index contributed by atoms with van der Waals surface area (Å²) in [5.41, 5.74) is 1.57. The Labute approximate surface area is 208 Å². The van der Waals surface area contributed by atoms with Gasteiger partial charge in [0.1, 0.15) is 0 Å². The van der Waals surface area contributed by atoms with Crippen molar-refractivity contribution in [3.05, 3.63) is 64.2 Å². The number of ketones is 2. The molecule has 3 N–H and O–H groups in total. The first-order chi connectivity index (χ1) is 16.9. The summed E-state index contributed by atoms with van der Waals surface area (Å²) in [4.78, 5) is 26.3. The Morgan fingerprint density at radius 3 is 2.46 bits per heavy atom. The molecule has 3 rings (SSSR count). The van der Waals surface area contributed by atoms with E-state index in [1.807, 2.05) is 0 Å². The molecule has 9 heteroatoms. The molecule has 0 amide bonds. The van der Waals surface area contributed by atoms with E-state index in [0.717, 1.165) is 5.56 Å². The molecule has 1 unspecified atom stereocenters. The summed E-state index contributed by atoms with van der Waals surface area (Å²) in [5.74, 6) is -0.0572. The number of rotatable bonds is 11. The molecule has 2 aromatic rings. The third kappa shape index (κ3) is 6.58. The summed E-state index contributed by atoms with van der Waals surface area (Å²) >= 11 is 1.40. The molecule has 1 aliphatic rings. The highest BCUT2D eigenvalue weighted by Gasteiger charge is 2.32. The minimum atomic E-state index is -0.412. The van der Waals surface area contributed by atoms with Crippen LogP contribution in [-0.4, -0.2) is 56.3 Å². The number of methoxy groups -OCH3 is 3. The van der Waals surface area contributed by atoms with Gasteiger partial charge in [0, 0.05) is 31.9 Å². The van der Waals surface area contributed by atoms with Gasteiger partial charge in [0.15, 0.2) is 34.6 Å². The quantitative estimate of drug-likeness (QED) is 0.240. The lowest BCUT2D eigenvalue weighted by atomic mass is 9.98. The van der Waals surface area contributed by atoms with Gasteiger partial charge < -0.3 is 29.7 Å². The van der Waals surface area contributed by atoms with Crippen LogP contribution in [0, 0.1) is 0 Å². The number of phenols is 2. The van der Waals surface area contributed by atoms with E-state index in [9.17, 15) is 19.8 Å². The monoisotopic (exact) mass is 499 g/mol.